The lowest BCUT2D eigenvalue weighted by molar-refractivity contribution is -0.128. The molecule has 0 bridgehead atoms. The van der Waals surface area contributed by atoms with E-state index in [4.69, 9.17) is 4.74 Å². The largest absolute Gasteiger partial charge is 0.449 e. The Bertz CT molecular complexity index is 446. The van der Waals surface area contributed by atoms with Crippen LogP contribution in [0.15, 0.2) is 17.5 Å². The molecule has 1 N–H and O–H groups in total. The van der Waals surface area contributed by atoms with Crippen molar-refractivity contribution in [3.05, 3.63) is 17.2 Å². The van der Waals surface area contributed by atoms with Crippen LogP contribution in [0, 0.1) is 16.2 Å². The van der Waals surface area contributed by atoms with Crippen LogP contribution in [0.3, 0.4) is 0 Å². The lowest BCUT2D eigenvalue weighted by Gasteiger charge is -2.22. The number of alkyl carbamates (subject to hydrolysis) is 1. The zero-order valence-electron chi connectivity index (χ0n) is 13.0. The molecule has 0 saturated carbocycles. The third kappa shape index (κ3) is 4.84. The average molecular weight is 297 g/mol. The molecule has 118 valence electrons. The maximum Gasteiger partial charge on any atom is 0.411 e. The van der Waals surface area contributed by atoms with Gasteiger partial charge in [-0.3, -0.25) is 10.1 Å². The number of carbonyl (C=O) groups excluding carboxylic acids is 2. The molecule has 7 nitrogen and oxygen atoms in total. The zero-order valence-corrected chi connectivity index (χ0v) is 13.0. The maximum absolute atomic E-state index is 12.2. The van der Waals surface area contributed by atoms with Crippen molar-refractivity contribution in [2.45, 2.75) is 40.3 Å². The second-order valence-corrected chi connectivity index (χ2v) is 6.48. The van der Waals surface area contributed by atoms with E-state index in [9.17, 15) is 14.5 Å². The minimum Gasteiger partial charge on any atom is -0.449 e. The summed E-state index contributed by atoms with van der Waals surface area (Å²) >= 11 is 0. The van der Waals surface area contributed by atoms with Gasteiger partial charge in [0.05, 0.1) is 6.61 Å². The molecule has 1 saturated heterocycles. The van der Waals surface area contributed by atoms with Crippen molar-refractivity contribution in [1.82, 2.24) is 10.2 Å². The maximum atomic E-state index is 12.2. The highest BCUT2D eigenvalue weighted by Gasteiger charge is 2.41. The highest BCUT2D eigenvalue weighted by molar-refractivity contribution is 5.96. The molecule has 0 aliphatic carbocycles. The second kappa shape index (κ2) is 6.69. The van der Waals surface area contributed by atoms with Gasteiger partial charge in [-0.2, -0.15) is 0 Å². The van der Waals surface area contributed by atoms with Gasteiger partial charge >= 0.3 is 6.09 Å². The third-order valence-corrected chi connectivity index (χ3v) is 3.13. The predicted octanol–water partition coefficient (Wildman–Crippen LogP) is 2.23. The minimum atomic E-state index is -0.726. The topological polar surface area (TPSA) is 88.1 Å². The normalized spacial score (nSPS) is 20.2. The van der Waals surface area contributed by atoms with Gasteiger partial charge in [0, 0.05) is 6.54 Å². The predicted molar refractivity (Wildman–Crippen MR) is 78.2 cm³/mol. The molecule has 1 aliphatic rings. The van der Waals surface area contributed by atoms with Crippen LogP contribution < -0.4 is 5.32 Å². The van der Waals surface area contributed by atoms with E-state index in [0.29, 0.717) is 13.0 Å². The molecule has 0 unspecified atom stereocenters. The summed E-state index contributed by atoms with van der Waals surface area (Å²) in [5, 5.41) is 5.27. The van der Waals surface area contributed by atoms with Gasteiger partial charge in [0.1, 0.15) is 5.70 Å². The summed E-state index contributed by atoms with van der Waals surface area (Å²) < 4.78 is 4.91. The molecule has 0 spiro atoms. The number of hydrogen-bond donors (Lipinski definition) is 1. The molecule has 1 rings (SSSR count). The van der Waals surface area contributed by atoms with Gasteiger partial charge in [0.15, 0.2) is 6.17 Å². The summed E-state index contributed by atoms with van der Waals surface area (Å²) in [5.41, 5.74) is -0.303. The van der Waals surface area contributed by atoms with Crippen LogP contribution in [0.5, 0.6) is 0 Å². The molecule has 2 amide bonds. The molecule has 1 fully saturated rings. The van der Waals surface area contributed by atoms with E-state index < -0.39 is 18.2 Å². The van der Waals surface area contributed by atoms with Gasteiger partial charge in [-0.25, -0.2) is 4.79 Å². The van der Waals surface area contributed by atoms with E-state index in [2.05, 4.69) is 17.1 Å². The number of rotatable bonds is 5. The van der Waals surface area contributed by atoms with Crippen molar-refractivity contribution >= 4 is 12.0 Å². The van der Waals surface area contributed by atoms with Crippen LogP contribution in [0.1, 0.15) is 34.1 Å². The minimum absolute atomic E-state index is 0.116. The Labute approximate surface area is 124 Å². The molecule has 0 radical (unpaired) electrons. The Kier molecular flexibility index (Phi) is 5.46. The number of nitrogens with zero attached hydrogens (tertiary/aromatic N) is 2. The Hall–Kier alpha value is -1.92. The summed E-state index contributed by atoms with van der Waals surface area (Å²) in [6, 6.07) is 0. The molecule has 1 heterocycles. The van der Waals surface area contributed by atoms with Crippen molar-refractivity contribution in [3.8, 4) is 0 Å². The van der Waals surface area contributed by atoms with Crippen LogP contribution in [-0.4, -0.2) is 36.2 Å². The first kappa shape index (κ1) is 17.1. The van der Waals surface area contributed by atoms with Gasteiger partial charge < -0.3 is 9.64 Å². The van der Waals surface area contributed by atoms with Crippen LogP contribution in [0.25, 0.3) is 0 Å². The SMILES string of the molecule is C=C(NC(=O)OCC(C)C)C(=O)N1CC(C)(C)C[C@H]1N=O. The summed E-state index contributed by atoms with van der Waals surface area (Å²) in [6.45, 7) is 11.9. The van der Waals surface area contributed by atoms with Crippen LogP contribution >= 0.6 is 0 Å². The number of nitrogens with one attached hydrogen (secondary N) is 1. The van der Waals surface area contributed by atoms with Gasteiger partial charge in [-0.05, 0) is 22.9 Å². The zero-order chi connectivity index (χ0) is 16.2. The number of hydrogen-bond acceptors (Lipinski definition) is 5. The first-order chi connectivity index (χ1) is 9.66. The van der Waals surface area contributed by atoms with Gasteiger partial charge in [0.25, 0.3) is 5.91 Å². The van der Waals surface area contributed by atoms with Crippen molar-refractivity contribution in [2.75, 3.05) is 13.2 Å². The first-order valence-electron chi connectivity index (χ1n) is 6.92. The smallest absolute Gasteiger partial charge is 0.411 e. The molecule has 1 aliphatic heterocycles. The van der Waals surface area contributed by atoms with Crippen molar-refractivity contribution in [3.63, 3.8) is 0 Å². The number of likely N-dealkylation sites (tertiary alicyclic amines) is 1. The summed E-state index contributed by atoms with van der Waals surface area (Å²) in [6.07, 6.45) is -0.957. The van der Waals surface area contributed by atoms with E-state index in [1.807, 2.05) is 27.7 Å². The van der Waals surface area contributed by atoms with Gasteiger partial charge in [-0.1, -0.05) is 34.3 Å². The Morgan fingerprint density at radius 1 is 1.48 bits per heavy atom. The van der Waals surface area contributed by atoms with Crippen molar-refractivity contribution in [2.24, 2.45) is 16.5 Å². The molecular formula is C14H23N3O4. The molecule has 0 aromatic carbocycles. The Balaban J connectivity index is 2.60. The van der Waals surface area contributed by atoms with Crippen LogP contribution in [0.2, 0.25) is 0 Å². The fraction of sp³-hybridized carbons (Fsp3) is 0.714. The Morgan fingerprint density at radius 3 is 2.62 bits per heavy atom. The quantitative estimate of drug-likeness (QED) is 0.622. The second-order valence-electron chi connectivity index (χ2n) is 6.48. The fourth-order valence-electron chi connectivity index (χ4n) is 2.17. The molecule has 1 atom stereocenters. The molecular weight excluding hydrogens is 274 g/mol. The van der Waals surface area contributed by atoms with E-state index in [0.717, 1.165) is 0 Å². The van der Waals surface area contributed by atoms with Crippen LogP contribution in [-0.2, 0) is 9.53 Å². The first-order valence-corrected chi connectivity index (χ1v) is 6.92. The van der Waals surface area contributed by atoms with Crippen molar-refractivity contribution < 1.29 is 14.3 Å². The molecule has 21 heavy (non-hydrogen) atoms. The lowest BCUT2D eigenvalue weighted by atomic mass is 9.92. The number of amides is 2. The highest BCUT2D eigenvalue weighted by Crippen LogP contribution is 2.34. The average Bonchev–Trinajstić information content (AvgIpc) is 2.70. The van der Waals surface area contributed by atoms with Crippen molar-refractivity contribution in [1.29, 1.82) is 0 Å². The fourth-order valence-corrected chi connectivity index (χ4v) is 2.17. The number of carbonyl (C=O) groups is 2. The summed E-state index contributed by atoms with van der Waals surface area (Å²) in [7, 11) is 0. The monoisotopic (exact) mass is 297 g/mol. The lowest BCUT2D eigenvalue weighted by Crippen LogP contribution is -2.40. The number of nitroso groups, excluding NO2 is 1. The third-order valence-electron chi connectivity index (χ3n) is 3.13. The highest BCUT2D eigenvalue weighted by atomic mass is 16.5. The van der Waals surface area contributed by atoms with E-state index in [1.54, 1.807) is 0 Å². The van der Waals surface area contributed by atoms with E-state index in [1.165, 1.54) is 4.90 Å². The molecule has 7 heteroatoms. The number of ether oxygens (including phenoxy) is 1. The summed E-state index contributed by atoms with van der Waals surface area (Å²) in [5.74, 6) is -0.311. The Morgan fingerprint density at radius 2 is 2.10 bits per heavy atom. The van der Waals surface area contributed by atoms with Crippen LogP contribution in [0.4, 0.5) is 4.79 Å². The van der Waals surface area contributed by atoms with Gasteiger partial charge in [0.2, 0.25) is 0 Å². The summed E-state index contributed by atoms with van der Waals surface area (Å²) in [4.78, 5) is 35.9. The molecule has 0 aromatic rings. The van der Waals surface area contributed by atoms with E-state index in [-0.39, 0.29) is 23.6 Å². The standard InChI is InChI=1S/C14H23N3O4/c1-9(2)7-21-13(19)15-10(3)12(18)17-8-14(4,5)6-11(17)16-20/h9,11H,3,6-8H2,1-2,4-5H3,(H,15,19)/t11-/m0/s1. The van der Waals surface area contributed by atoms with Gasteiger partial charge in [-0.15, -0.1) is 4.91 Å². The van der Waals surface area contributed by atoms with E-state index >= 15 is 0 Å². The molecule has 0 aromatic heterocycles.